The lowest BCUT2D eigenvalue weighted by molar-refractivity contribution is 0.631. The van der Waals surface area contributed by atoms with Crippen molar-refractivity contribution < 1.29 is 4.39 Å². The first-order chi connectivity index (χ1) is 15.3. The van der Waals surface area contributed by atoms with Crippen molar-refractivity contribution >= 4 is 21.8 Å². The summed E-state index contributed by atoms with van der Waals surface area (Å²) >= 11 is 0. The lowest BCUT2D eigenvalue weighted by atomic mass is 10.0. The molecule has 0 aliphatic heterocycles. The molecule has 0 aliphatic rings. The zero-order valence-corrected chi connectivity index (χ0v) is 16.3. The number of aromatic amines is 2. The van der Waals surface area contributed by atoms with Crippen LogP contribution in [0.15, 0.2) is 85.3 Å². The fraction of sp³-hybridized carbons (Fsp3) is 0. The quantitative estimate of drug-likeness (QED) is 0.381. The van der Waals surface area contributed by atoms with Crippen molar-refractivity contribution in [2.45, 2.75) is 0 Å². The maximum absolute atomic E-state index is 14.5. The summed E-state index contributed by atoms with van der Waals surface area (Å²) in [7, 11) is 0. The number of rotatable bonds is 3. The Labute approximate surface area is 176 Å². The van der Waals surface area contributed by atoms with E-state index in [0.29, 0.717) is 5.56 Å². The van der Waals surface area contributed by atoms with Gasteiger partial charge >= 0.3 is 0 Å². The summed E-state index contributed by atoms with van der Waals surface area (Å²) in [5, 5.41) is 9.57. The molecule has 31 heavy (non-hydrogen) atoms. The van der Waals surface area contributed by atoms with Crippen LogP contribution in [0.25, 0.3) is 55.6 Å². The molecule has 0 fully saturated rings. The number of hydrogen-bond acceptors (Lipinski definition) is 3. The van der Waals surface area contributed by atoms with Crippen LogP contribution in [0.4, 0.5) is 4.39 Å². The second-order valence-electron chi connectivity index (χ2n) is 7.35. The number of aromatic nitrogens is 5. The van der Waals surface area contributed by atoms with Crippen molar-refractivity contribution in [2.24, 2.45) is 0 Å². The summed E-state index contributed by atoms with van der Waals surface area (Å²) in [5.41, 5.74) is 6.71. The normalized spacial score (nSPS) is 11.4. The maximum Gasteiger partial charge on any atom is 0.131 e. The first-order valence-corrected chi connectivity index (χ1v) is 9.89. The van der Waals surface area contributed by atoms with Gasteiger partial charge in [-0.3, -0.25) is 15.1 Å². The molecule has 6 aromatic rings. The van der Waals surface area contributed by atoms with Gasteiger partial charge in [-0.05, 0) is 35.9 Å². The lowest BCUT2D eigenvalue weighted by Crippen LogP contribution is -1.84. The van der Waals surface area contributed by atoms with Gasteiger partial charge in [0.2, 0.25) is 0 Å². The summed E-state index contributed by atoms with van der Waals surface area (Å²) in [6.07, 6.45) is 5.07. The number of halogens is 1. The number of fused-ring (bicyclic) bond motifs is 2. The minimum atomic E-state index is -0.239. The van der Waals surface area contributed by atoms with Gasteiger partial charge in [0, 0.05) is 39.8 Å². The first-order valence-electron chi connectivity index (χ1n) is 9.89. The van der Waals surface area contributed by atoms with Gasteiger partial charge in [-0.25, -0.2) is 4.39 Å². The van der Waals surface area contributed by atoms with Crippen molar-refractivity contribution in [3.63, 3.8) is 0 Å². The van der Waals surface area contributed by atoms with Crippen LogP contribution in [0.2, 0.25) is 0 Å². The second-order valence-corrected chi connectivity index (χ2v) is 7.35. The van der Waals surface area contributed by atoms with Crippen molar-refractivity contribution in [2.75, 3.05) is 0 Å². The zero-order valence-electron chi connectivity index (χ0n) is 16.3. The summed E-state index contributed by atoms with van der Waals surface area (Å²) in [5.74, 6) is -0.239. The van der Waals surface area contributed by atoms with Gasteiger partial charge in [0.15, 0.2) is 0 Å². The van der Waals surface area contributed by atoms with Crippen LogP contribution in [-0.2, 0) is 0 Å². The largest absolute Gasteiger partial charge is 0.353 e. The molecule has 3 aromatic carbocycles. The Morgan fingerprint density at radius 2 is 1.68 bits per heavy atom. The first kappa shape index (κ1) is 17.5. The van der Waals surface area contributed by atoms with E-state index >= 15 is 0 Å². The molecule has 0 spiro atoms. The molecule has 0 bridgehead atoms. The van der Waals surface area contributed by atoms with E-state index < -0.39 is 0 Å². The highest BCUT2D eigenvalue weighted by molar-refractivity contribution is 6.01. The molecule has 0 unspecified atom stereocenters. The van der Waals surface area contributed by atoms with E-state index in [1.54, 1.807) is 30.7 Å². The van der Waals surface area contributed by atoms with E-state index in [2.05, 4.69) is 31.2 Å². The topological polar surface area (TPSA) is 70.2 Å². The second kappa shape index (κ2) is 6.88. The molecular formula is C25H16FN5. The average Bonchev–Trinajstić information content (AvgIpc) is 3.43. The molecule has 0 saturated carbocycles. The fourth-order valence-corrected chi connectivity index (χ4v) is 4.02. The minimum absolute atomic E-state index is 0.239. The average molecular weight is 405 g/mol. The summed E-state index contributed by atoms with van der Waals surface area (Å²) in [4.78, 5) is 12.0. The predicted octanol–water partition coefficient (Wildman–Crippen LogP) is 5.97. The Morgan fingerprint density at radius 1 is 0.774 bits per heavy atom. The van der Waals surface area contributed by atoms with Crippen LogP contribution in [0.5, 0.6) is 0 Å². The summed E-state index contributed by atoms with van der Waals surface area (Å²) < 4.78 is 14.5. The van der Waals surface area contributed by atoms with Crippen LogP contribution in [0.3, 0.4) is 0 Å². The SMILES string of the molecule is Fc1ccccc1-c1cccc2[nH]c(-c3n[nH]c4ccc(-c5cnccn5)cc34)cc12. The maximum atomic E-state index is 14.5. The molecular weight excluding hydrogens is 389 g/mol. The van der Waals surface area contributed by atoms with E-state index in [1.807, 2.05) is 42.5 Å². The molecule has 6 heteroatoms. The monoisotopic (exact) mass is 405 g/mol. The van der Waals surface area contributed by atoms with E-state index in [0.717, 1.165) is 50.0 Å². The molecule has 0 amide bonds. The zero-order chi connectivity index (χ0) is 20.8. The lowest BCUT2D eigenvalue weighted by Gasteiger charge is -2.04. The molecule has 0 saturated heterocycles. The van der Waals surface area contributed by atoms with E-state index in [9.17, 15) is 4.39 Å². The minimum Gasteiger partial charge on any atom is -0.353 e. The van der Waals surface area contributed by atoms with Gasteiger partial charge in [0.05, 0.1) is 23.1 Å². The third kappa shape index (κ3) is 2.88. The molecule has 148 valence electrons. The van der Waals surface area contributed by atoms with Gasteiger partial charge in [0.1, 0.15) is 11.5 Å². The van der Waals surface area contributed by atoms with E-state index in [4.69, 9.17) is 0 Å². The smallest absolute Gasteiger partial charge is 0.131 e. The molecule has 3 aromatic heterocycles. The van der Waals surface area contributed by atoms with Crippen molar-refractivity contribution in [3.8, 4) is 33.8 Å². The van der Waals surface area contributed by atoms with Crippen molar-refractivity contribution in [1.82, 2.24) is 25.1 Å². The van der Waals surface area contributed by atoms with Crippen molar-refractivity contribution in [3.05, 3.63) is 91.1 Å². The molecule has 0 radical (unpaired) electrons. The van der Waals surface area contributed by atoms with Gasteiger partial charge in [-0.1, -0.05) is 36.4 Å². The molecule has 5 nitrogen and oxygen atoms in total. The third-order valence-corrected chi connectivity index (χ3v) is 5.51. The molecule has 0 atom stereocenters. The fourth-order valence-electron chi connectivity index (χ4n) is 4.02. The van der Waals surface area contributed by atoms with Crippen LogP contribution in [0, 0.1) is 5.82 Å². The molecule has 3 heterocycles. The number of benzene rings is 3. The standard InChI is InChI=1S/C25H16FN5/c26-20-6-2-1-4-17(20)16-5-3-7-21-18(16)13-23(29-21)25-19-12-15(8-9-22(19)30-31-25)24-14-27-10-11-28-24/h1-14,29H,(H,30,31). The highest BCUT2D eigenvalue weighted by Crippen LogP contribution is 2.35. The predicted molar refractivity (Wildman–Crippen MR) is 120 cm³/mol. The Balaban J connectivity index is 1.53. The Morgan fingerprint density at radius 3 is 2.55 bits per heavy atom. The van der Waals surface area contributed by atoms with Crippen molar-refractivity contribution in [1.29, 1.82) is 0 Å². The number of H-pyrrole nitrogens is 2. The molecule has 0 aliphatic carbocycles. The van der Waals surface area contributed by atoms with Crippen LogP contribution in [-0.4, -0.2) is 25.1 Å². The number of nitrogens with zero attached hydrogens (tertiary/aromatic N) is 3. The van der Waals surface area contributed by atoms with E-state index in [-0.39, 0.29) is 5.82 Å². The Hall–Kier alpha value is -4.32. The van der Waals surface area contributed by atoms with Gasteiger partial charge < -0.3 is 4.98 Å². The number of hydrogen-bond donors (Lipinski definition) is 2. The van der Waals surface area contributed by atoms with Crippen LogP contribution >= 0.6 is 0 Å². The van der Waals surface area contributed by atoms with Gasteiger partial charge in [-0.15, -0.1) is 0 Å². The van der Waals surface area contributed by atoms with Gasteiger partial charge in [0.25, 0.3) is 0 Å². The van der Waals surface area contributed by atoms with Crippen LogP contribution in [0.1, 0.15) is 0 Å². The van der Waals surface area contributed by atoms with Gasteiger partial charge in [-0.2, -0.15) is 5.10 Å². The molecule has 6 rings (SSSR count). The Bertz CT molecular complexity index is 1550. The third-order valence-electron chi connectivity index (χ3n) is 5.51. The highest BCUT2D eigenvalue weighted by Gasteiger charge is 2.15. The van der Waals surface area contributed by atoms with E-state index in [1.165, 1.54) is 6.07 Å². The molecule has 2 N–H and O–H groups in total. The Kier molecular flexibility index (Phi) is 3.89. The van der Waals surface area contributed by atoms with Crippen LogP contribution < -0.4 is 0 Å². The number of nitrogens with one attached hydrogen (secondary N) is 2. The highest BCUT2D eigenvalue weighted by atomic mass is 19.1. The summed E-state index contributed by atoms with van der Waals surface area (Å²) in [6, 6.07) is 20.8. The summed E-state index contributed by atoms with van der Waals surface area (Å²) in [6.45, 7) is 0.